The summed E-state index contributed by atoms with van der Waals surface area (Å²) in [7, 11) is 0. The maximum Gasteiger partial charge on any atom is 0.306 e. The summed E-state index contributed by atoms with van der Waals surface area (Å²) in [5, 5.41) is 0. The number of carbonyl (C=O) groups excluding carboxylic acids is 1. The lowest BCUT2D eigenvalue weighted by atomic mass is 10.1. The predicted octanol–water partition coefficient (Wildman–Crippen LogP) is 2.27. The van der Waals surface area contributed by atoms with Crippen LogP contribution >= 0.6 is 0 Å². The third-order valence-electron chi connectivity index (χ3n) is 2.07. The highest BCUT2D eigenvalue weighted by Gasteiger charge is 2.16. The largest absolute Gasteiger partial charge is 0.462 e. The number of ether oxygens (including phenoxy) is 1. The van der Waals surface area contributed by atoms with E-state index in [-0.39, 0.29) is 12.1 Å². The molecular formula is C9H16O2. The summed E-state index contributed by atoms with van der Waals surface area (Å²) in [6.45, 7) is 2.12. The third kappa shape index (κ3) is 2.91. The van der Waals surface area contributed by atoms with Gasteiger partial charge in [-0.15, -0.1) is 0 Å². The van der Waals surface area contributed by atoms with Crippen molar-refractivity contribution >= 4 is 5.97 Å². The van der Waals surface area contributed by atoms with E-state index >= 15 is 0 Å². The van der Waals surface area contributed by atoms with Gasteiger partial charge < -0.3 is 4.74 Å². The number of esters is 1. The van der Waals surface area contributed by atoms with Gasteiger partial charge in [-0.1, -0.05) is 13.3 Å². The zero-order chi connectivity index (χ0) is 8.10. The van der Waals surface area contributed by atoms with Crippen molar-refractivity contribution in [3.05, 3.63) is 0 Å². The van der Waals surface area contributed by atoms with E-state index in [1.54, 1.807) is 0 Å². The standard InChI is InChI=1S/C9H16O2/c1-2-5-8-6-3-4-7-9(10)11-8/h8H,2-7H2,1H3/t8-/m0/s1. The fraction of sp³-hybridized carbons (Fsp3) is 0.889. The zero-order valence-corrected chi connectivity index (χ0v) is 7.14. The lowest BCUT2D eigenvalue weighted by Gasteiger charge is -2.12. The summed E-state index contributed by atoms with van der Waals surface area (Å²) in [5.74, 6) is 0.000880. The van der Waals surface area contributed by atoms with Crippen molar-refractivity contribution in [1.82, 2.24) is 0 Å². The Morgan fingerprint density at radius 2 is 2.36 bits per heavy atom. The van der Waals surface area contributed by atoms with Crippen molar-refractivity contribution in [3.63, 3.8) is 0 Å². The van der Waals surface area contributed by atoms with E-state index in [9.17, 15) is 4.79 Å². The fourth-order valence-electron chi connectivity index (χ4n) is 1.47. The summed E-state index contributed by atoms with van der Waals surface area (Å²) in [4.78, 5) is 10.9. The van der Waals surface area contributed by atoms with Crippen molar-refractivity contribution in [2.45, 2.75) is 51.6 Å². The molecule has 11 heavy (non-hydrogen) atoms. The number of cyclic esters (lactones) is 1. The summed E-state index contributed by atoms with van der Waals surface area (Å²) in [5.41, 5.74) is 0. The molecule has 0 aromatic heterocycles. The normalized spacial score (nSPS) is 25.9. The Balaban J connectivity index is 2.33. The highest BCUT2D eigenvalue weighted by atomic mass is 16.5. The number of rotatable bonds is 2. The first-order chi connectivity index (χ1) is 5.33. The van der Waals surface area contributed by atoms with Gasteiger partial charge in [-0.05, 0) is 25.7 Å². The Labute approximate surface area is 67.9 Å². The van der Waals surface area contributed by atoms with Crippen LogP contribution < -0.4 is 0 Å². The van der Waals surface area contributed by atoms with Gasteiger partial charge >= 0.3 is 5.97 Å². The van der Waals surface area contributed by atoms with Crippen LogP contribution in [0.2, 0.25) is 0 Å². The second-order valence-corrected chi connectivity index (χ2v) is 3.15. The van der Waals surface area contributed by atoms with E-state index in [0.717, 1.165) is 32.1 Å². The zero-order valence-electron chi connectivity index (χ0n) is 7.14. The summed E-state index contributed by atoms with van der Waals surface area (Å²) in [6, 6.07) is 0. The molecule has 0 aliphatic carbocycles. The van der Waals surface area contributed by atoms with Crippen LogP contribution in [0.15, 0.2) is 0 Å². The minimum Gasteiger partial charge on any atom is -0.462 e. The average molecular weight is 156 g/mol. The molecule has 1 rings (SSSR count). The Morgan fingerprint density at radius 1 is 1.55 bits per heavy atom. The smallest absolute Gasteiger partial charge is 0.306 e. The van der Waals surface area contributed by atoms with Crippen molar-refractivity contribution in [1.29, 1.82) is 0 Å². The third-order valence-corrected chi connectivity index (χ3v) is 2.07. The van der Waals surface area contributed by atoms with Crippen LogP contribution in [0.25, 0.3) is 0 Å². The second-order valence-electron chi connectivity index (χ2n) is 3.15. The molecule has 0 spiro atoms. The van der Waals surface area contributed by atoms with Crippen LogP contribution in [0.4, 0.5) is 0 Å². The molecule has 0 radical (unpaired) electrons. The van der Waals surface area contributed by atoms with Gasteiger partial charge in [0.05, 0.1) is 0 Å². The van der Waals surface area contributed by atoms with Crippen LogP contribution in [0.3, 0.4) is 0 Å². The van der Waals surface area contributed by atoms with Crippen molar-refractivity contribution in [2.24, 2.45) is 0 Å². The number of hydrogen-bond acceptors (Lipinski definition) is 2. The molecule has 2 heteroatoms. The molecule has 0 amide bonds. The summed E-state index contributed by atoms with van der Waals surface area (Å²) >= 11 is 0. The molecule has 2 nitrogen and oxygen atoms in total. The van der Waals surface area contributed by atoms with Gasteiger partial charge in [0.25, 0.3) is 0 Å². The van der Waals surface area contributed by atoms with Gasteiger partial charge in [0.15, 0.2) is 0 Å². The van der Waals surface area contributed by atoms with Gasteiger partial charge in [0.2, 0.25) is 0 Å². The van der Waals surface area contributed by atoms with Crippen LogP contribution in [0, 0.1) is 0 Å². The fourth-order valence-corrected chi connectivity index (χ4v) is 1.47. The monoisotopic (exact) mass is 156 g/mol. The van der Waals surface area contributed by atoms with E-state index in [4.69, 9.17) is 4.74 Å². The number of carbonyl (C=O) groups is 1. The molecule has 0 aromatic carbocycles. The summed E-state index contributed by atoms with van der Waals surface area (Å²) < 4.78 is 5.21. The molecular weight excluding hydrogens is 140 g/mol. The highest BCUT2D eigenvalue weighted by molar-refractivity contribution is 5.69. The van der Waals surface area contributed by atoms with Crippen LogP contribution in [0.1, 0.15) is 45.4 Å². The predicted molar refractivity (Wildman–Crippen MR) is 43.3 cm³/mol. The molecule has 1 aliphatic rings. The average Bonchev–Trinajstić information content (AvgIpc) is 2.15. The quantitative estimate of drug-likeness (QED) is 0.573. The Kier molecular flexibility index (Phi) is 3.40. The molecule has 1 aliphatic heterocycles. The van der Waals surface area contributed by atoms with Crippen molar-refractivity contribution in [2.75, 3.05) is 0 Å². The first kappa shape index (κ1) is 8.57. The topological polar surface area (TPSA) is 26.3 Å². The Hall–Kier alpha value is -0.530. The van der Waals surface area contributed by atoms with E-state index in [1.165, 1.54) is 0 Å². The lowest BCUT2D eigenvalue weighted by Crippen LogP contribution is -2.14. The first-order valence-corrected chi connectivity index (χ1v) is 4.52. The minimum atomic E-state index is 0.000880. The molecule has 1 fully saturated rings. The lowest BCUT2D eigenvalue weighted by molar-refractivity contribution is -0.148. The molecule has 64 valence electrons. The molecule has 0 unspecified atom stereocenters. The van der Waals surface area contributed by atoms with E-state index < -0.39 is 0 Å². The van der Waals surface area contributed by atoms with E-state index in [2.05, 4.69) is 6.92 Å². The highest BCUT2D eigenvalue weighted by Crippen LogP contribution is 2.17. The minimum absolute atomic E-state index is 0.000880. The Bertz CT molecular complexity index is 132. The van der Waals surface area contributed by atoms with Gasteiger partial charge in [-0.25, -0.2) is 0 Å². The molecule has 1 heterocycles. The SMILES string of the molecule is CCC[C@H]1CCCCC(=O)O1. The van der Waals surface area contributed by atoms with Crippen LogP contribution in [-0.2, 0) is 9.53 Å². The van der Waals surface area contributed by atoms with E-state index in [0.29, 0.717) is 6.42 Å². The summed E-state index contributed by atoms with van der Waals surface area (Å²) in [6.07, 6.45) is 6.22. The number of hydrogen-bond donors (Lipinski definition) is 0. The van der Waals surface area contributed by atoms with Crippen molar-refractivity contribution < 1.29 is 9.53 Å². The van der Waals surface area contributed by atoms with Gasteiger partial charge in [-0.3, -0.25) is 4.79 Å². The van der Waals surface area contributed by atoms with Crippen molar-refractivity contribution in [3.8, 4) is 0 Å². The van der Waals surface area contributed by atoms with Crippen LogP contribution in [-0.4, -0.2) is 12.1 Å². The first-order valence-electron chi connectivity index (χ1n) is 4.52. The molecule has 1 atom stereocenters. The maximum atomic E-state index is 10.9. The van der Waals surface area contributed by atoms with Gasteiger partial charge in [0.1, 0.15) is 6.10 Å². The maximum absolute atomic E-state index is 10.9. The molecule has 1 saturated heterocycles. The van der Waals surface area contributed by atoms with Gasteiger partial charge in [0, 0.05) is 6.42 Å². The molecule has 0 N–H and O–H groups in total. The molecule has 0 bridgehead atoms. The van der Waals surface area contributed by atoms with Gasteiger partial charge in [-0.2, -0.15) is 0 Å². The molecule has 0 aromatic rings. The van der Waals surface area contributed by atoms with E-state index in [1.807, 2.05) is 0 Å². The Morgan fingerprint density at radius 3 is 3.09 bits per heavy atom. The van der Waals surface area contributed by atoms with Crippen LogP contribution in [0.5, 0.6) is 0 Å². The second kappa shape index (κ2) is 4.37. The molecule has 0 saturated carbocycles.